The Morgan fingerprint density at radius 3 is 2.11 bits per heavy atom. The number of benzene rings is 4. The van der Waals surface area contributed by atoms with Crippen molar-refractivity contribution in [2.24, 2.45) is 4.99 Å². The van der Waals surface area contributed by atoms with Crippen LogP contribution in [-0.2, 0) is 0 Å². The van der Waals surface area contributed by atoms with E-state index in [2.05, 4.69) is 71.3 Å². The van der Waals surface area contributed by atoms with Crippen molar-refractivity contribution in [3.8, 4) is 34.0 Å². The molecule has 178 valence electrons. The molecule has 0 fully saturated rings. The highest BCUT2D eigenvalue weighted by Crippen LogP contribution is 2.36. The van der Waals surface area contributed by atoms with Crippen LogP contribution in [0.4, 0.5) is 5.69 Å². The fourth-order valence-electron chi connectivity index (χ4n) is 4.27. The van der Waals surface area contributed by atoms with E-state index in [-0.39, 0.29) is 0 Å². The molecule has 3 nitrogen and oxygen atoms in total. The molecule has 0 aliphatic carbocycles. The van der Waals surface area contributed by atoms with Crippen LogP contribution in [0.25, 0.3) is 28.2 Å². The van der Waals surface area contributed by atoms with Gasteiger partial charge in [0.05, 0.1) is 23.7 Å². The lowest BCUT2D eigenvalue weighted by Crippen LogP contribution is -2.01. The standard InChI is InChI=1S/C32H27ClN2O/c1-3-36-29-18-16-28(17-19-29)35-31(24-10-6-4-7-11-24)20-26(32(35)25-12-8-5-9-13-25)22-34-27-15-14-23(2)30(33)21-27/h4-22H,3H2,1-2H3. The predicted octanol–water partition coefficient (Wildman–Crippen LogP) is 8.92. The van der Waals surface area contributed by atoms with Crippen LogP contribution in [0.1, 0.15) is 18.1 Å². The van der Waals surface area contributed by atoms with Crippen LogP contribution in [0.15, 0.2) is 114 Å². The van der Waals surface area contributed by atoms with E-state index < -0.39 is 0 Å². The molecule has 36 heavy (non-hydrogen) atoms. The van der Waals surface area contributed by atoms with E-state index in [0.717, 1.165) is 50.8 Å². The van der Waals surface area contributed by atoms with Gasteiger partial charge in [-0.15, -0.1) is 0 Å². The summed E-state index contributed by atoms with van der Waals surface area (Å²) in [4.78, 5) is 4.80. The molecule has 4 heteroatoms. The number of aryl methyl sites for hydroxylation is 1. The third kappa shape index (κ3) is 4.98. The van der Waals surface area contributed by atoms with Gasteiger partial charge in [-0.2, -0.15) is 0 Å². The molecule has 1 aromatic heterocycles. The molecular weight excluding hydrogens is 464 g/mol. The van der Waals surface area contributed by atoms with E-state index in [1.54, 1.807) is 0 Å². The summed E-state index contributed by atoms with van der Waals surface area (Å²) in [6, 6.07) is 37.2. The normalized spacial score (nSPS) is 11.2. The second-order valence-electron chi connectivity index (χ2n) is 8.52. The monoisotopic (exact) mass is 490 g/mol. The van der Waals surface area contributed by atoms with Crippen molar-refractivity contribution >= 4 is 23.5 Å². The molecule has 0 saturated carbocycles. The van der Waals surface area contributed by atoms with E-state index in [0.29, 0.717) is 11.6 Å². The minimum atomic E-state index is 0.636. The average molecular weight is 491 g/mol. The molecule has 1 heterocycles. The molecule has 0 N–H and O–H groups in total. The van der Waals surface area contributed by atoms with Gasteiger partial charge in [0.1, 0.15) is 5.75 Å². The summed E-state index contributed by atoms with van der Waals surface area (Å²) >= 11 is 6.36. The molecule has 0 aliphatic rings. The van der Waals surface area contributed by atoms with Crippen molar-refractivity contribution in [1.82, 2.24) is 4.57 Å². The maximum Gasteiger partial charge on any atom is 0.119 e. The first-order valence-corrected chi connectivity index (χ1v) is 12.4. The van der Waals surface area contributed by atoms with Crippen LogP contribution in [0.3, 0.4) is 0 Å². The zero-order valence-corrected chi connectivity index (χ0v) is 21.1. The summed E-state index contributed by atoms with van der Waals surface area (Å²) in [5.41, 5.74) is 8.31. The Bertz CT molecular complexity index is 1490. The summed E-state index contributed by atoms with van der Waals surface area (Å²) in [6.07, 6.45) is 1.93. The summed E-state index contributed by atoms with van der Waals surface area (Å²) in [7, 11) is 0. The van der Waals surface area contributed by atoms with Gasteiger partial charge in [-0.25, -0.2) is 0 Å². The van der Waals surface area contributed by atoms with Crippen LogP contribution in [0.5, 0.6) is 5.75 Å². The molecule has 4 aromatic carbocycles. The number of rotatable bonds is 7. The fraction of sp³-hybridized carbons (Fsp3) is 0.0938. The summed E-state index contributed by atoms with van der Waals surface area (Å²) < 4.78 is 7.99. The highest BCUT2D eigenvalue weighted by Gasteiger charge is 2.18. The number of nitrogens with zero attached hydrogens (tertiary/aromatic N) is 2. The molecule has 5 aromatic rings. The summed E-state index contributed by atoms with van der Waals surface area (Å²) in [5, 5.41) is 0.713. The van der Waals surface area contributed by atoms with E-state index >= 15 is 0 Å². The first-order chi connectivity index (χ1) is 17.6. The predicted molar refractivity (Wildman–Crippen MR) is 151 cm³/mol. The summed E-state index contributed by atoms with van der Waals surface area (Å²) in [5.74, 6) is 0.856. The van der Waals surface area contributed by atoms with Crippen LogP contribution in [0, 0.1) is 6.92 Å². The summed E-state index contributed by atoms with van der Waals surface area (Å²) in [6.45, 7) is 4.62. The minimum Gasteiger partial charge on any atom is -0.494 e. The largest absolute Gasteiger partial charge is 0.494 e. The van der Waals surface area contributed by atoms with Gasteiger partial charge in [-0.3, -0.25) is 4.99 Å². The van der Waals surface area contributed by atoms with Crippen LogP contribution in [-0.4, -0.2) is 17.4 Å². The van der Waals surface area contributed by atoms with Gasteiger partial charge < -0.3 is 9.30 Å². The van der Waals surface area contributed by atoms with Crippen molar-refractivity contribution in [3.05, 3.63) is 125 Å². The number of aliphatic imine (C=N–C) groups is 1. The Balaban J connectivity index is 1.73. The third-order valence-corrected chi connectivity index (χ3v) is 6.47. The van der Waals surface area contributed by atoms with Gasteiger partial charge in [0.2, 0.25) is 0 Å². The number of hydrogen-bond acceptors (Lipinski definition) is 2. The van der Waals surface area contributed by atoms with Crippen molar-refractivity contribution in [2.75, 3.05) is 6.61 Å². The SMILES string of the molecule is CCOc1ccc(-n2c(-c3ccccc3)cc(C=Nc3ccc(C)c(Cl)c3)c2-c2ccccc2)cc1. The Labute approximate surface area is 217 Å². The van der Waals surface area contributed by atoms with Gasteiger partial charge >= 0.3 is 0 Å². The van der Waals surface area contributed by atoms with E-state index in [1.165, 1.54) is 0 Å². The lowest BCUT2D eigenvalue weighted by atomic mass is 10.1. The first kappa shape index (κ1) is 23.7. The Kier molecular flexibility index (Phi) is 7.01. The van der Waals surface area contributed by atoms with Gasteiger partial charge in [0.25, 0.3) is 0 Å². The van der Waals surface area contributed by atoms with E-state index in [1.807, 2.05) is 62.5 Å². The molecule has 0 saturated heterocycles. The number of halogens is 1. The molecule has 0 radical (unpaired) electrons. The second-order valence-corrected chi connectivity index (χ2v) is 8.93. The molecular formula is C32H27ClN2O. The third-order valence-electron chi connectivity index (χ3n) is 6.06. The van der Waals surface area contributed by atoms with Crippen LogP contribution in [0.2, 0.25) is 5.02 Å². The van der Waals surface area contributed by atoms with Gasteiger partial charge in [0, 0.05) is 22.5 Å². The first-order valence-electron chi connectivity index (χ1n) is 12.0. The number of aromatic nitrogens is 1. The number of hydrogen-bond donors (Lipinski definition) is 0. The molecule has 0 bridgehead atoms. The Morgan fingerprint density at radius 1 is 0.806 bits per heavy atom. The maximum atomic E-state index is 6.36. The van der Waals surface area contributed by atoms with Crippen LogP contribution >= 0.6 is 11.6 Å². The lowest BCUT2D eigenvalue weighted by Gasteiger charge is -2.15. The molecule has 0 unspecified atom stereocenters. The minimum absolute atomic E-state index is 0.636. The Hall–Kier alpha value is -4.08. The van der Waals surface area contributed by atoms with Crippen molar-refractivity contribution in [1.29, 1.82) is 0 Å². The van der Waals surface area contributed by atoms with E-state index in [4.69, 9.17) is 21.3 Å². The highest BCUT2D eigenvalue weighted by atomic mass is 35.5. The van der Waals surface area contributed by atoms with Crippen molar-refractivity contribution < 1.29 is 4.74 Å². The molecule has 0 amide bonds. The number of ether oxygens (including phenoxy) is 1. The van der Waals surface area contributed by atoms with Crippen molar-refractivity contribution in [2.45, 2.75) is 13.8 Å². The van der Waals surface area contributed by atoms with E-state index in [9.17, 15) is 0 Å². The molecule has 0 aliphatic heterocycles. The highest BCUT2D eigenvalue weighted by molar-refractivity contribution is 6.31. The molecule has 5 rings (SSSR count). The second kappa shape index (κ2) is 10.7. The zero-order valence-electron chi connectivity index (χ0n) is 20.4. The zero-order chi connectivity index (χ0) is 24.9. The smallest absolute Gasteiger partial charge is 0.119 e. The Morgan fingerprint density at radius 2 is 1.47 bits per heavy atom. The van der Waals surface area contributed by atoms with Gasteiger partial charge in [-0.1, -0.05) is 78.3 Å². The molecule has 0 atom stereocenters. The maximum absolute atomic E-state index is 6.36. The topological polar surface area (TPSA) is 26.5 Å². The lowest BCUT2D eigenvalue weighted by molar-refractivity contribution is 0.340. The quantitative estimate of drug-likeness (QED) is 0.209. The van der Waals surface area contributed by atoms with Crippen LogP contribution < -0.4 is 4.74 Å². The molecule has 0 spiro atoms. The average Bonchev–Trinajstić information content (AvgIpc) is 3.30. The van der Waals surface area contributed by atoms with Gasteiger partial charge in [0.15, 0.2) is 0 Å². The van der Waals surface area contributed by atoms with Crippen molar-refractivity contribution in [3.63, 3.8) is 0 Å². The van der Waals surface area contributed by atoms with Gasteiger partial charge in [-0.05, 0) is 73.0 Å². The fourth-order valence-corrected chi connectivity index (χ4v) is 4.45.